The Bertz CT molecular complexity index is 718. The maximum atomic E-state index is 6.32. The number of rotatable bonds is 4. The normalized spacial score (nSPS) is 10.6. The smallest absolute Gasteiger partial charge is 0.106 e. The first kappa shape index (κ1) is 13.7. The highest BCUT2D eigenvalue weighted by Crippen LogP contribution is 2.28. The van der Waals surface area contributed by atoms with Gasteiger partial charge in [-0.2, -0.15) is 5.10 Å². The SMILES string of the molecule is Cc1ccc(CNc2cccc(Cl)c2-n2cccn2)cc1. The zero-order valence-electron chi connectivity index (χ0n) is 11.8. The predicted molar refractivity (Wildman–Crippen MR) is 87.1 cm³/mol. The molecule has 3 nitrogen and oxygen atoms in total. The highest BCUT2D eigenvalue weighted by Gasteiger charge is 2.09. The number of hydrogen-bond donors (Lipinski definition) is 1. The Hall–Kier alpha value is -2.26. The van der Waals surface area contributed by atoms with E-state index in [1.807, 2.05) is 30.5 Å². The van der Waals surface area contributed by atoms with Gasteiger partial charge in [-0.05, 0) is 30.7 Å². The van der Waals surface area contributed by atoms with Crippen LogP contribution in [-0.4, -0.2) is 9.78 Å². The van der Waals surface area contributed by atoms with Gasteiger partial charge in [-0.25, -0.2) is 4.68 Å². The summed E-state index contributed by atoms with van der Waals surface area (Å²) in [5, 5.41) is 8.37. The van der Waals surface area contributed by atoms with Gasteiger partial charge in [0.2, 0.25) is 0 Å². The van der Waals surface area contributed by atoms with Crippen LogP contribution in [0.4, 0.5) is 5.69 Å². The Labute approximate surface area is 129 Å². The van der Waals surface area contributed by atoms with E-state index >= 15 is 0 Å². The van der Waals surface area contributed by atoms with Crippen LogP contribution >= 0.6 is 11.6 Å². The van der Waals surface area contributed by atoms with Crippen molar-refractivity contribution >= 4 is 17.3 Å². The van der Waals surface area contributed by atoms with Crippen molar-refractivity contribution in [3.05, 3.63) is 77.1 Å². The summed E-state index contributed by atoms with van der Waals surface area (Å²) in [5.74, 6) is 0. The van der Waals surface area contributed by atoms with Crippen molar-refractivity contribution < 1.29 is 0 Å². The number of para-hydroxylation sites is 1. The van der Waals surface area contributed by atoms with E-state index in [-0.39, 0.29) is 0 Å². The van der Waals surface area contributed by atoms with E-state index in [9.17, 15) is 0 Å². The molecule has 0 aliphatic rings. The second-order valence-corrected chi connectivity index (χ2v) is 5.33. The van der Waals surface area contributed by atoms with Crippen molar-refractivity contribution in [2.24, 2.45) is 0 Å². The number of halogens is 1. The number of nitrogens with one attached hydrogen (secondary N) is 1. The standard InChI is InChI=1S/C17H16ClN3/c1-13-6-8-14(9-7-13)12-19-16-5-2-4-15(18)17(16)21-11-3-10-20-21/h2-11,19H,12H2,1H3. The minimum atomic E-state index is 0.674. The molecule has 1 heterocycles. The fourth-order valence-corrected chi connectivity index (χ4v) is 2.46. The predicted octanol–water partition coefficient (Wildman–Crippen LogP) is 4.45. The van der Waals surface area contributed by atoms with Crippen LogP contribution < -0.4 is 5.32 Å². The molecule has 21 heavy (non-hydrogen) atoms. The Balaban J connectivity index is 1.86. The molecule has 2 aromatic carbocycles. The Morgan fingerprint density at radius 1 is 1.10 bits per heavy atom. The number of aryl methyl sites for hydroxylation is 1. The first-order valence-corrected chi connectivity index (χ1v) is 7.20. The molecule has 4 heteroatoms. The van der Waals surface area contributed by atoms with Gasteiger partial charge in [0.1, 0.15) is 5.69 Å². The molecule has 0 saturated carbocycles. The molecule has 0 unspecified atom stereocenters. The van der Waals surface area contributed by atoms with E-state index in [0.29, 0.717) is 5.02 Å². The minimum Gasteiger partial charge on any atom is -0.379 e. The Kier molecular flexibility index (Phi) is 3.93. The number of nitrogens with zero attached hydrogens (tertiary/aromatic N) is 2. The molecule has 1 aromatic heterocycles. The molecule has 0 bridgehead atoms. The van der Waals surface area contributed by atoms with E-state index in [1.165, 1.54) is 11.1 Å². The van der Waals surface area contributed by atoms with E-state index in [4.69, 9.17) is 11.6 Å². The summed E-state index contributed by atoms with van der Waals surface area (Å²) in [6, 6.07) is 16.2. The molecule has 0 amide bonds. The van der Waals surface area contributed by atoms with Gasteiger partial charge in [0.15, 0.2) is 0 Å². The first-order valence-electron chi connectivity index (χ1n) is 6.82. The molecule has 1 N–H and O–H groups in total. The van der Waals surface area contributed by atoms with Gasteiger partial charge in [-0.15, -0.1) is 0 Å². The van der Waals surface area contributed by atoms with Crippen molar-refractivity contribution in [1.82, 2.24) is 9.78 Å². The lowest BCUT2D eigenvalue weighted by Crippen LogP contribution is -2.05. The van der Waals surface area contributed by atoms with Crippen molar-refractivity contribution in [2.75, 3.05) is 5.32 Å². The minimum absolute atomic E-state index is 0.674. The maximum absolute atomic E-state index is 6.32. The maximum Gasteiger partial charge on any atom is 0.106 e. The molecule has 3 rings (SSSR count). The average Bonchev–Trinajstić information content (AvgIpc) is 3.00. The number of hydrogen-bond acceptors (Lipinski definition) is 2. The van der Waals surface area contributed by atoms with Gasteiger partial charge in [0.25, 0.3) is 0 Å². The van der Waals surface area contributed by atoms with Crippen LogP contribution in [0.1, 0.15) is 11.1 Å². The zero-order valence-corrected chi connectivity index (χ0v) is 12.5. The number of benzene rings is 2. The summed E-state index contributed by atoms with van der Waals surface area (Å²) in [5.41, 5.74) is 4.33. The van der Waals surface area contributed by atoms with Crippen molar-refractivity contribution in [3.8, 4) is 5.69 Å². The molecule has 0 aliphatic heterocycles. The third kappa shape index (κ3) is 3.09. The van der Waals surface area contributed by atoms with Crippen LogP contribution in [0.5, 0.6) is 0 Å². The molecule has 0 atom stereocenters. The van der Waals surface area contributed by atoms with Gasteiger partial charge >= 0.3 is 0 Å². The van der Waals surface area contributed by atoms with Crippen LogP contribution in [0.3, 0.4) is 0 Å². The molecular formula is C17H16ClN3. The fourth-order valence-electron chi connectivity index (χ4n) is 2.20. The molecule has 106 valence electrons. The second kappa shape index (κ2) is 6.02. The lowest BCUT2D eigenvalue weighted by molar-refractivity contribution is 0.879. The summed E-state index contributed by atoms with van der Waals surface area (Å²) in [7, 11) is 0. The van der Waals surface area contributed by atoms with Gasteiger partial charge < -0.3 is 5.32 Å². The number of anilines is 1. The third-order valence-corrected chi connectivity index (χ3v) is 3.63. The lowest BCUT2D eigenvalue weighted by Gasteiger charge is -2.13. The molecule has 0 saturated heterocycles. The first-order chi connectivity index (χ1) is 10.2. The van der Waals surface area contributed by atoms with E-state index in [1.54, 1.807) is 10.9 Å². The summed E-state index contributed by atoms with van der Waals surface area (Å²) >= 11 is 6.32. The quantitative estimate of drug-likeness (QED) is 0.771. The summed E-state index contributed by atoms with van der Waals surface area (Å²) < 4.78 is 1.78. The van der Waals surface area contributed by atoms with E-state index < -0.39 is 0 Å². The highest BCUT2D eigenvalue weighted by molar-refractivity contribution is 6.33. The van der Waals surface area contributed by atoms with Crippen LogP contribution in [0, 0.1) is 6.92 Å². The fraction of sp³-hybridized carbons (Fsp3) is 0.118. The van der Waals surface area contributed by atoms with Crippen LogP contribution in [0.15, 0.2) is 60.9 Å². The average molecular weight is 298 g/mol. The summed E-state index contributed by atoms with van der Waals surface area (Å²) in [6.07, 6.45) is 3.63. The van der Waals surface area contributed by atoms with Crippen LogP contribution in [-0.2, 0) is 6.54 Å². The second-order valence-electron chi connectivity index (χ2n) is 4.93. The monoisotopic (exact) mass is 297 g/mol. The number of aromatic nitrogens is 2. The summed E-state index contributed by atoms with van der Waals surface area (Å²) in [6.45, 7) is 2.83. The Morgan fingerprint density at radius 3 is 2.62 bits per heavy atom. The molecular weight excluding hydrogens is 282 g/mol. The van der Waals surface area contributed by atoms with Gasteiger partial charge in [0.05, 0.1) is 10.7 Å². The van der Waals surface area contributed by atoms with Crippen LogP contribution in [0.2, 0.25) is 5.02 Å². The van der Waals surface area contributed by atoms with Crippen LogP contribution in [0.25, 0.3) is 5.69 Å². The summed E-state index contributed by atoms with van der Waals surface area (Å²) in [4.78, 5) is 0. The molecule has 3 aromatic rings. The molecule has 0 aliphatic carbocycles. The van der Waals surface area contributed by atoms with Crippen molar-refractivity contribution in [2.45, 2.75) is 13.5 Å². The highest BCUT2D eigenvalue weighted by atomic mass is 35.5. The third-order valence-electron chi connectivity index (χ3n) is 3.32. The van der Waals surface area contributed by atoms with Crippen molar-refractivity contribution in [3.63, 3.8) is 0 Å². The van der Waals surface area contributed by atoms with Gasteiger partial charge in [-0.1, -0.05) is 47.5 Å². The van der Waals surface area contributed by atoms with Gasteiger partial charge in [0, 0.05) is 18.9 Å². The topological polar surface area (TPSA) is 29.9 Å². The molecule has 0 radical (unpaired) electrons. The van der Waals surface area contributed by atoms with Gasteiger partial charge in [-0.3, -0.25) is 0 Å². The largest absolute Gasteiger partial charge is 0.379 e. The Morgan fingerprint density at radius 2 is 1.90 bits per heavy atom. The van der Waals surface area contributed by atoms with E-state index in [2.05, 4.69) is 41.6 Å². The van der Waals surface area contributed by atoms with Crippen molar-refractivity contribution in [1.29, 1.82) is 0 Å². The van der Waals surface area contributed by atoms with E-state index in [0.717, 1.165) is 17.9 Å². The molecule has 0 spiro atoms. The molecule has 0 fully saturated rings. The zero-order chi connectivity index (χ0) is 14.7. The lowest BCUT2D eigenvalue weighted by atomic mass is 10.1.